The highest BCUT2D eigenvalue weighted by Gasteiger charge is 2.30. The molecule has 1 aromatic rings. The Bertz CT molecular complexity index is 423. The maximum Gasteiger partial charge on any atom is 0.416 e. The van der Waals surface area contributed by atoms with Crippen LogP contribution in [0.25, 0.3) is 0 Å². The first-order valence-corrected chi connectivity index (χ1v) is 6.22. The van der Waals surface area contributed by atoms with Gasteiger partial charge in [-0.3, -0.25) is 0 Å². The molecule has 1 fully saturated rings. The van der Waals surface area contributed by atoms with Crippen LogP contribution in [0.2, 0.25) is 0 Å². The average molecular weight is 274 g/mol. The van der Waals surface area contributed by atoms with Crippen LogP contribution in [0.4, 0.5) is 13.2 Å². The molecule has 3 nitrogen and oxygen atoms in total. The quantitative estimate of drug-likeness (QED) is 0.777. The fraction of sp³-hybridized carbons (Fsp3) is 0.538. The van der Waals surface area contributed by atoms with Gasteiger partial charge in [0.2, 0.25) is 0 Å². The van der Waals surface area contributed by atoms with Crippen molar-refractivity contribution in [1.29, 1.82) is 0 Å². The van der Waals surface area contributed by atoms with Crippen molar-refractivity contribution in [3.05, 3.63) is 35.4 Å². The molecule has 1 heterocycles. The average Bonchev–Trinajstić information content (AvgIpc) is 2.75. The van der Waals surface area contributed by atoms with Gasteiger partial charge in [-0.25, -0.2) is 0 Å². The molecule has 0 spiro atoms. The Balaban J connectivity index is 1.86. The third kappa shape index (κ3) is 3.92. The number of aliphatic hydroxyl groups is 1. The Morgan fingerprint density at radius 1 is 1.32 bits per heavy atom. The first-order chi connectivity index (χ1) is 8.97. The van der Waals surface area contributed by atoms with Crippen LogP contribution in [-0.4, -0.2) is 30.8 Å². The highest BCUT2D eigenvalue weighted by Crippen LogP contribution is 2.29. The molecule has 0 amide bonds. The van der Waals surface area contributed by atoms with Gasteiger partial charge in [0.1, 0.15) is 0 Å². The van der Waals surface area contributed by atoms with Crippen molar-refractivity contribution >= 4 is 0 Å². The fourth-order valence-electron chi connectivity index (χ4n) is 2.19. The van der Waals surface area contributed by atoms with Crippen molar-refractivity contribution in [3.8, 4) is 0 Å². The summed E-state index contributed by atoms with van der Waals surface area (Å²) in [4.78, 5) is 0. The van der Waals surface area contributed by atoms with Gasteiger partial charge < -0.3 is 15.7 Å². The molecule has 2 unspecified atom stereocenters. The van der Waals surface area contributed by atoms with Crippen LogP contribution in [-0.2, 0) is 12.7 Å². The summed E-state index contributed by atoms with van der Waals surface area (Å²) in [6.45, 7) is 2.27. The monoisotopic (exact) mass is 274 g/mol. The fourth-order valence-corrected chi connectivity index (χ4v) is 2.19. The zero-order valence-corrected chi connectivity index (χ0v) is 10.4. The number of rotatable bonds is 4. The summed E-state index contributed by atoms with van der Waals surface area (Å²) in [5, 5.41) is 15.7. The lowest BCUT2D eigenvalue weighted by Crippen LogP contribution is -2.30. The number of aliphatic hydroxyl groups excluding tert-OH is 1. The van der Waals surface area contributed by atoms with E-state index in [1.807, 2.05) is 0 Å². The topological polar surface area (TPSA) is 44.3 Å². The maximum absolute atomic E-state index is 12.5. The largest absolute Gasteiger partial charge is 0.416 e. The van der Waals surface area contributed by atoms with Crippen molar-refractivity contribution in [2.75, 3.05) is 19.6 Å². The number of β-amino-alcohol motifs (C(OH)–C–C–N with tert-alkyl or cyclic N) is 1. The van der Waals surface area contributed by atoms with Crippen molar-refractivity contribution in [2.45, 2.75) is 18.8 Å². The van der Waals surface area contributed by atoms with Crippen LogP contribution in [0.1, 0.15) is 11.1 Å². The lowest BCUT2D eigenvalue weighted by molar-refractivity contribution is -0.137. The molecular formula is C13H17F3N2O. The van der Waals surface area contributed by atoms with Crippen molar-refractivity contribution < 1.29 is 18.3 Å². The second-order valence-corrected chi connectivity index (χ2v) is 4.81. The number of benzene rings is 1. The molecule has 19 heavy (non-hydrogen) atoms. The van der Waals surface area contributed by atoms with E-state index < -0.39 is 11.7 Å². The molecule has 1 aliphatic rings. The molecule has 3 N–H and O–H groups in total. The van der Waals surface area contributed by atoms with Gasteiger partial charge in [-0.05, 0) is 11.6 Å². The molecule has 1 aromatic carbocycles. The van der Waals surface area contributed by atoms with Gasteiger partial charge in [-0.1, -0.05) is 18.2 Å². The molecule has 0 aliphatic carbocycles. The normalized spacial score (nSPS) is 23.8. The molecule has 2 rings (SSSR count). The first kappa shape index (κ1) is 14.3. The van der Waals surface area contributed by atoms with Crippen molar-refractivity contribution in [1.82, 2.24) is 10.6 Å². The van der Waals surface area contributed by atoms with E-state index in [1.54, 1.807) is 6.07 Å². The number of halogens is 3. The number of hydrogen-bond acceptors (Lipinski definition) is 3. The molecule has 6 heteroatoms. The predicted octanol–water partition coefficient (Wildman–Crippen LogP) is 1.38. The minimum atomic E-state index is -4.30. The van der Waals surface area contributed by atoms with Gasteiger partial charge in [-0.2, -0.15) is 13.2 Å². The Morgan fingerprint density at radius 3 is 2.74 bits per heavy atom. The number of alkyl halides is 3. The molecule has 0 bridgehead atoms. The molecule has 0 aromatic heterocycles. The molecular weight excluding hydrogens is 257 g/mol. The highest BCUT2D eigenvalue weighted by atomic mass is 19.4. The number of nitrogens with one attached hydrogen (secondary N) is 2. The first-order valence-electron chi connectivity index (χ1n) is 6.22. The van der Waals surface area contributed by atoms with E-state index in [0.29, 0.717) is 25.2 Å². The SMILES string of the molecule is OC1CNCC1CNCc1cccc(C(F)(F)F)c1. The third-order valence-electron chi connectivity index (χ3n) is 3.29. The van der Waals surface area contributed by atoms with Gasteiger partial charge in [0.05, 0.1) is 11.7 Å². The maximum atomic E-state index is 12.5. The summed E-state index contributed by atoms with van der Waals surface area (Å²) in [7, 11) is 0. The van der Waals surface area contributed by atoms with E-state index in [4.69, 9.17) is 0 Å². The van der Waals surface area contributed by atoms with Gasteiger partial charge in [0.25, 0.3) is 0 Å². The second kappa shape index (κ2) is 5.90. The van der Waals surface area contributed by atoms with E-state index >= 15 is 0 Å². The summed E-state index contributed by atoms with van der Waals surface area (Å²) < 4.78 is 37.6. The summed E-state index contributed by atoms with van der Waals surface area (Å²) in [5.41, 5.74) is -0.0374. The van der Waals surface area contributed by atoms with Crippen LogP contribution >= 0.6 is 0 Å². The lowest BCUT2D eigenvalue weighted by atomic mass is 10.1. The summed E-state index contributed by atoms with van der Waals surface area (Å²) in [6, 6.07) is 5.28. The zero-order valence-electron chi connectivity index (χ0n) is 10.4. The Labute approximate surface area is 109 Å². The van der Waals surface area contributed by atoms with Crippen molar-refractivity contribution in [2.24, 2.45) is 5.92 Å². The zero-order chi connectivity index (χ0) is 13.9. The van der Waals surface area contributed by atoms with Gasteiger partial charge in [-0.15, -0.1) is 0 Å². The number of hydrogen-bond donors (Lipinski definition) is 3. The van der Waals surface area contributed by atoms with Crippen LogP contribution < -0.4 is 10.6 Å². The molecule has 1 aliphatic heterocycles. The lowest BCUT2D eigenvalue weighted by Gasteiger charge is -2.14. The predicted molar refractivity (Wildman–Crippen MR) is 65.5 cm³/mol. The van der Waals surface area contributed by atoms with Crippen LogP contribution in [0.15, 0.2) is 24.3 Å². The Kier molecular flexibility index (Phi) is 4.44. The molecule has 106 valence electrons. The van der Waals surface area contributed by atoms with Gasteiger partial charge >= 0.3 is 6.18 Å². The smallest absolute Gasteiger partial charge is 0.391 e. The minimum absolute atomic E-state index is 0.116. The summed E-state index contributed by atoms with van der Waals surface area (Å²) in [5.74, 6) is 0.116. The van der Waals surface area contributed by atoms with E-state index in [2.05, 4.69) is 10.6 Å². The molecule has 1 saturated heterocycles. The van der Waals surface area contributed by atoms with Crippen LogP contribution in [0.3, 0.4) is 0 Å². The van der Waals surface area contributed by atoms with Crippen LogP contribution in [0.5, 0.6) is 0 Å². The van der Waals surface area contributed by atoms with E-state index in [0.717, 1.165) is 18.7 Å². The molecule has 0 saturated carbocycles. The summed E-state index contributed by atoms with van der Waals surface area (Å²) in [6.07, 6.45) is -4.68. The minimum Gasteiger partial charge on any atom is -0.391 e. The highest BCUT2D eigenvalue weighted by molar-refractivity contribution is 5.25. The van der Waals surface area contributed by atoms with E-state index in [-0.39, 0.29) is 12.0 Å². The van der Waals surface area contributed by atoms with Crippen LogP contribution in [0, 0.1) is 5.92 Å². The third-order valence-corrected chi connectivity index (χ3v) is 3.29. The summed E-state index contributed by atoms with van der Waals surface area (Å²) >= 11 is 0. The van der Waals surface area contributed by atoms with E-state index in [9.17, 15) is 18.3 Å². The van der Waals surface area contributed by atoms with Gasteiger partial charge in [0, 0.05) is 32.1 Å². The van der Waals surface area contributed by atoms with Crippen molar-refractivity contribution in [3.63, 3.8) is 0 Å². The molecule has 2 atom stereocenters. The second-order valence-electron chi connectivity index (χ2n) is 4.81. The molecule has 0 radical (unpaired) electrons. The van der Waals surface area contributed by atoms with Gasteiger partial charge in [0.15, 0.2) is 0 Å². The standard InChI is InChI=1S/C13H17F3N2O/c14-13(15,16)11-3-1-2-9(4-11)5-17-6-10-7-18-8-12(10)19/h1-4,10,12,17-19H,5-8H2. The Hall–Kier alpha value is -1.11. The Morgan fingerprint density at radius 2 is 2.11 bits per heavy atom. The van der Waals surface area contributed by atoms with E-state index in [1.165, 1.54) is 6.07 Å².